The zero-order valence-corrected chi connectivity index (χ0v) is 13.4. The molecule has 1 aromatic carbocycles. The maximum atomic E-state index is 5.48. The van der Waals surface area contributed by atoms with Gasteiger partial charge in [0, 0.05) is 11.1 Å². The first-order valence-corrected chi connectivity index (χ1v) is 7.93. The molecule has 0 radical (unpaired) electrons. The Hall–Kier alpha value is -2.40. The Morgan fingerprint density at radius 3 is 2.64 bits per heavy atom. The van der Waals surface area contributed by atoms with Crippen LogP contribution in [-0.4, -0.2) is 10.3 Å². The van der Waals surface area contributed by atoms with E-state index in [0.29, 0.717) is 6.54 Å². The van der Waals surface area contributed by atoms with Crippen LogP contribution in [0.15, 0.2) is 68.7 Å². The molecule has 0 saturated heterocycles. The second-order valence-electron chi connectivity index (χ2n) is 5.08. The molecule has 5 heteroatoms. The Bertz CT molecular complexity index is 822. The van der Waals surface area contributed by atoms with E-state index in [1.807, 2.05) is 44.2 Å². The van der Waals surface area contributed by atoms with Crippen LogP contribution in [0, 0.1) is 0 Å². The van der Waals surface area contributed by atoms with Crippen LogP contribution in [0.4, 0.5) is 0 Å². The summed E-state index contributed by atoms with van der Waals surface area (Å²) in [6, 6.07) is 14.2. The topological polar surface area (TPSA) is 42.8 Å². The van der Waals surface area contributed by atoms with Gasteiger partial charge < -0.3 is 8.98 Å². The van der Waals surface area contributed by atoms with E-state index in [0.717, 1.165) is 27.5 Å². The summed E-state index contributed by atoms with van der Waals surface area (Å²) in [6.07, 6.45) is 1.69. The van der Waals surface area contributed by atoms with Crippen LogP contribution in [0.5, 0.6) is 0 Å². The highest BCUT2D eigenvalue weighted by molar-refractivity contribution is 7.07. The molecule has 3 rings (SSSR count). The molecule has 0 amide bonds. The van der Waals surface area contributed by atoms with Gasteiger partial charge in [0.2, 0.25) is 4.80 Å². The lowest BCUT2D eigenvalue weighted by molar-refractivity contribution is 0.491. The number of thiazole rings is 1. The molecule has 22 heavy (non-hydrogen) atoms. The first-order valence-electron chi connectivity index (χ1n) is 7.05. The zero-order valence-electron chi connectivity index (χ0n) is 12.6. The Morgan fingerprint density at radius 2 is 1.95 bits per heavy atom. The summed E-state index contributed by atoms with van der Waals surface area (Å²) in [7, 11) is 0. The molecule has 0 unspecified atom stereocenters. The molecule has 3 aromatic rings. The second kappa shape index (κ2) is 6.58. The van der Waals surface area contributed by atoms with Gasteiger partial charge >= 0.3 is 0 Å². The van der Waals surface area contributed by atoms with Crippen molar-refractivity contribution in [3.05, 3.63) is 64.7 Å². The van der Waals surface area contributed by atoms with Gasteiger partial charge in [0.25, 0.3) is 0 Å². The van der Waals surface area contributed by atoms with E-state index in [1.54, 1.807) is 17.6 Å². The lowest BCUT2D eigenvalue weighted by atomic mass is 10.2. The molecule has 0 bridgehead atoms. The van der Waals surface area contributed by atoms with Gasteiger partial charge in [-0.25, -0.2) is 0 Å². The monoisotopic (exact) mass is 311 g/mol. The van der Waals surface area contributed by atoms with Crippen LogP contribution in [0.2, 0.25) is 0 Å². The normalized spacial score (nSPS) is 11.6. The van der Waals surface area contributed by atoms with Crippen molar-refractivity contribution in [1.82, 2.24) is 4.57 Å². The van der Waals surface area contributed by atoms with Crippen LogP contribution in [0.25, 0.3) is 11.3 Å². The smallest absolute Gasteiger partial charge is 0.211 e. The Morgan fingerprint density at radius 1 is 1.14 bits per heavy atom. The zero-order chi connectivity index (χ0) is 15.4. The number of rotatable bonds is 4. The van der Waals surface area contributed by atoms with Gasteiger partial charge in [-0.05, 0) is 31.5 Å². The molecule has 0 aliphatic heterocycles. The van der Waals surface area contributed by atoms with Gasteiger partial charge in [0.05, 0.1) is 18.5 Å². The number of hydrogen-bond donors (Lipinski definition) is 0. The molecule has 0 fully saturated rings. The third-order valence-corrected chi connectivity index (χ3v) is 3.95. The van der Waals surface area contributed by atoms with Crippen molar-refractivity contribution in [3.63, 3.8) is 0 Å². The number of benzene rings is 1. The third-order valence-electron chi connectivity index (χ3n) is 3.10. The molecule has 2 aromatic heterocycles. The van der Waals surface area contributed by atoms with Crippen molar-refractivity contribution >= 4 is 17.0 Å². The van der Waals surface area contributed by atoms with Gasteiger partial charge in [-0.15, -0.1) is 16.4 Å². The summed E-state index contributed by atoms with van der Waals surface area (Å²) in [5.41, 5.74) is 3.20. The van der Waals surface area contributed by atoms with Crippen molar-refractivity contribution < 1.29 is 4.42 Å². The number of furan rings is 1. The van der Waals surface area contributed by atoms with Crippen molar-refractivity contribution in [1.29, 1.82) is 0 Å². The third kappa shape index (κ3) is 3.26. The van der Waals surface area contributed by atoms with Gasteiger partial charge in [-0.2, -0.15) is 5.10 Å². The average Bonchev–Trinajstić information content (AvgIpc) is 3.16. The molecule has 0 spiro atoms. The van der Waals surface area contributed by atoms with Crippen molar-refractivity contribution in [2.24, 2.45) is 10.2 Å². The molecular formula is C17H17N3OS. The Labute approximate surface area is 133 Å². The van der Waals surface area contributed by atoms with E-state index >= 15 is 0 Å². The van der Waals surface area contributed by atoms with Crippen molar-refractivity contribution in [3.8, 4) is 11.3 Å². The molecular weight excluding hydrogens is 294 g/mol. The van der Waals surface area contributed by atoms with Crippen LogP contribution in [0.3, 0.4) is 0 Å². The molecule has 0 aliphatic rings. The number of nitrogens with zero attached hydrogens (tertiary/aromatic N) is 3. The van der Waals surface area contributed by atoms with E-state index in [4.69, 9.17) is 4.42 Å². The molecule has 0 N–H and O–H groups in total. The molecule has 112 valence electrons. The number of aromatic nitrogens is 1. The van der Waals surface area contributed by atoms with Crippen LogP contribution < -0.4 is 4.80 Å². The summed E-state index contributed by atoms with van der Waals surface area (Å²) in [4.78, 5) is 0.858. The fourth-order valence-corrected chi connectivity index (χ4v) is 2.96. The predicted octanol–water partition coefficient (Wildman–Crippen LogP) is 4.15. The van der Waals surface area contributed by atoms with Gasteiger partial charge in [-0.1, -0.05) is 30.3 Å². The predicted molar refractivity (Wildman–Crippen MR) is 89.9 cm³/mol. The highest BCUT2D eigenvalue weighted by Gasteiger charge is 2.09. The van der Waals surface area contributed by atoms with Gasteiger partial charge in [-0.3, -0.25) is 0 Å². The largest absolute Gasteiger partial charge is 0.467 e. The molecule has 4 nitrogen and oxygen atoms in total. The fourth-order valence-electron chi connectivity index (χ4n) is 2.10. The van der Waals surface area contributed by atoms with Crippen molar-refractivity contribution in [2.75, 3.05) is 0 Å². The van der Waals surface area contributed by atoms with Crippen LogP contribution in [0.1, 0.15) is 19.6 Å². The Balaban J connectivity index is 2.11. The SMILES string of the molecule is CC(C)=NN=c1scc(-c2ccccc2)n1Cc1ccco1. The Kier molecular flexibility index (Phi) is 4.34. The molecule has 2 heterocycles. The minimum Gasteiger partial charge on any atom is -0.467 e. The highest BCUT2D eigenvalue weighted by Crippen LogP contribution is 2.20. The first-order chi connectivity index (χ1) is 10.7. The van der Waals surface area contributed by atoms with Gasteiger partial charge in [0.15, 0.2) is 0 Å². The van der Waals surface area contributed by atoms with Crippen molar-refractivity contribution in [2.45, 2.75) is 20.4 Å². The average molecular weight is 311 g/mol. The lowest BCUT2D eigenvalue weighted by Crippen LogP contribution is -2.16. The van der Waals surface area contributed by atoms with Crippen LogP contribution >= 0.6 is 11.3 Å². The maximum absolute atomic E-state index is 5.48. The van der Waals surface area contributed by atoms with E-state index in [-0.39, 0.29) is 0 Å². The fraction of sp³-hybridized carbons (Fsp3) is 0.176. The van der Waals surface area contributed by atoms with E-state index in [1.165, 1.54) is 0 Å². The van der Waals surface area contributed by atoms with Crippen LogP contribution in [-0.2, 0) is 6.54 Å². The quantitative estimate of drug-likeness (QED) is 0.527. The summed E-state index contributed by atoms with van der Waals surface area (Å²) >= 11 is 1.58. The molecule has 0 atom stereocenters. The summed E-state index contributed by atoms with van der Waals surface area (Å²) in [6.45, 7) is 4.51. The number of hydrogen-bond acceptors (Lipinski definition) is 4. The molecule has 0 aliphatic carbocycles. The maximum Gasteiger partial charge on any atom is 0.211 e. The van der Waals surface area contributed by atoms with Gasteiger partial charge in [0.1, 0.15) is 5.76 Å². The summed E-state index contributed by atoms with van der Waals surface area (Å²) < 4.78 is 7.61. The lowest BCUT2D eigenvalue weighted by Gasteiger charge is -2.07. The highest BCUT2D eigenvalue weighted by atomic mass is 32.1. The van der Waals surface area contributed by atoms with E-state index in [9.17, 15) is 0 Å². The first kappa shape index (κ1) is 14.5. The summed E-state index contributed by atoms with van der Waals surface area (Å²) in [5.74, 6) is 0.897. The standard InChI is InChI=1S/C17H17N3OS/c1-13(2)18-19-17-20(11-15-9-6-10-21-15)16(12-22-17)14-7-4-3-5-8-14/h3-10,12H,11H2,1-2H3. The second-order valence-corrected chi connectivity index (χ2v) is 5.92. The minimum atomic E-state index is 0.637. The summed E-state index contributed by atoms with van der Waals surface area (Å²) in [5, 5.41) is 10.7. The van der Waals surface area contributed by atoms with E-state index < -0.39 is 0 Å². The minimum absolute atomic E-state index is 0.637. The van der Waals surface area contributed by atoms with E-state index in [2.05, 4.69) is 32.3 Å². The molecule has 0 saturated carbocycles.